The molecule has 2 heterocycles. The van der Waals surface area contributed by atoms with Gasteiger partial charge in [0.15, 0.2) is 4.80 Å². The number of fused-ring (bicyclic) bond motifs is 3. The van der Waals surface area contributed by atoms with Crippen molar-refractivity contribution in [1.82, 2.24) is 4.57 Å². The second-order valence-corrected chi connectivity index (χ2v) is 10.1. The Kier molecular flexibility index (Phi) is 5.61. The van der Waals surface area contributed by atoms with Crippen molar-refractivity contribution in [3.05, 3.63) is 120 Å². The Hall–Kier alpha value is -3.90. The first kappa shape index (κ1) is 22.6. The van der Waals surface area contributed by atoms with Gasteiger partial charge in [-0.2, -0.15) is 0 Å². The van der Waals surface area contributed by atoms with Crippen LogP contribution in [0.15, 0.2) is 82.1 Å². The first-order chi connectivity index (χ1) is 17.6. The highest BCUT2D eigenvalue weighted by atomic mass is 32.1. The van der Waals surface area contributed by atoms with Crippen molar-refractivity contribution in [2.75, 3.05) is 14.2 Å². The molecule has 0 N–H and O–H groups in total. The van der Waals surface area contributed by atoms with Gasteiger partial charge in [-0.15, -0.1) is 0 Å². The summed E-state index contributed by atoms with van der Waals surface area (Å²) in [6.45, 7) is 2.01. The van der Waals surface area contributed by atoms with Crippen LogP contribution < -0.4 is 24.4 Å². The minimum absolute atomic E-state index is 0.0420. The van der Waals surface area contributed by atoms with Crippen molar-refractivity contribution in [1.29, 1.82) is 0 Å². The molecule has 1 atom stereocenters. The minimum atomic E-state index is -0.268. The zero-order valence-corrected chi connectivity index (χ0v) is 21.3. The van der Waals surface area contributed by atoms with Gasteiger partial charge in [-0.3, -0.25) is 9.36 Å². The fourth-order valence-electron chi connectivity index (χ4n) is 5.27. The Morgan fingerprint density at radius 3 is 2.58 bits per heavy atom. The summed E-state index contributed by atoms with van der Waals surface area (Å²) in [4.78, 5) is 19.7. The second-order valence-electron chi connectivity index (χ2n) is 9.08. The predicted octanol–water partition coefficient (Wildman–Crippen LogP) is 4.64. The third kappa shape index (κ3) is 3.60. The van der Waals surface area contributed by atoms with Gasteiger partial charge in [0.2, 0.25) is 0 Å². The van der Waals surface area contributed by atoms with Crippen molar-refractivity contribution in [3.8, 4) is 11.5 Å². The van der Waals surface area contributed by atoms with Crippen LogP contribution in [-0.2, 0) is 6.42 Å². The molecule has 36 heavy (non-hydrogen) atoms. The molecule has 5 nitrogen and oxygen atoms in total. The van der Waals surface area contributed by atoms with Gasteiger partial charge in [0.05, 0.1) is 30.5 Å². The van der Waals surface area contributed by atoms with Crippen molar-refractivity contribution < 1.29 is 9.47 Å². The maximum atomic E-state index is 13.9. The number of hydrogen-bond acceptors (Lipinski definition) is 5. The molecule has 0 saturated heterocycles. The molecule has 0 bridgehead atoms. The number of rotatable bonds is 4. The molecule has 0 spiro atoms. The number of thiazole rings is 1. The molecule has 0 amide bonds. The van der Waals surface area contributed by atoms with Crippen LogP contribution >= 0.6 is 11.3 Å². The van der Waals surface area contributed by atoms with Crippen molar-refractivity contribution in [2.45, 2.75) is 25.8 Å². The molecule has 180 valence electrons. The van der Waals surface area contributed by atoms with Crippen molar-refractivity contribution in [3.63, 3.8) is 0 Å². The summed E-state index contributed by atoms with van der Waals surface area (Å²) in [5.74, 6) is 1.57. The monoisotopic (exact) mass is 494 g/mol. The number of hydrogen-bond donors (Lipinski definition) is 0. The molecule has 0 unspecified atom stereocenters. The molecular weight excluding hydrogens is 468 g/mol. The number of ether oxygens (including phenoxy) is 2. The van der Waals surface area contributed by atoms with Gasteiger partial charge in [0, 0.05) is 11.1 Å². The van der Waals surface area contributed by atoms with E-state index in [0.29, 0.717) is 9.33 Å². The lowest BCUT2D eigenvalue weighted by Gasteiger charge is -2.31. The Morgan fingerprint density at radius 1 is 0.972 bits per heavy atom. The van der Waals surface area contributed by atoms with Gasteiger partial charge in [-0.1, -0.05) is 65.9 Å². The SMILES string of the molecule is COc1cc(/C=c2/sc3n(c2=O)[C@@H](c2ccccc2OC)C2=C(N=3)c3ccccc3CC2)ccc1C. The third-order valence-corrected chi connectivity index (χ3v) is 8.02. The van der Waals surface area contributed by atoms with E-state index < -0.39 is 0 Å². The smallest absolute Gasteiger partial charge is 0.271 e. The normalized spacial score (nSPS) is 16.6. The molecule has 0 fully saturated rings. The Bertz CT molecular complexity index is 1710. The lowest BCUT2D eigenvalue weighted by molar-refractivity contribution is 0.402. The number of nitrogens with zero attached hydrogens (tertiary/aromatic N) is 2. The van der Waals surface area contributed by atoms with E-state index >= 15 is 0 Å². The summed E-state index contributed by atoms with van der Waals surface area (Å²) >= 11 is 1.43. The van der Waals surface area contributed by atoms with Crippen LogP contribution in [-0.4, -0.2) is 18.8 Å². The quantitative estimate of drug-likeness (QED) is 0.415. The minimum Gasteiger partial charge on any atom is -0.496 e. The summed E-state index contributed by atoms with van der Waals surface area (Å²) in [5.41, 5.74) is 7.51. The molecule has 6 rings (SSSR count). The largest absolute Gasteiger partial charge is 0.496 e. The summed E-state index contributed by atoms with van der Waals surface area (Å²) in [6.07, 6.45) is 3.70. The topological polar surface area (TPSA) is 52.8 Å². The number of para-hydroxylation sites is 1. The number of benzene rings is 3. The van der Waals surface area contributed by atoms with Gasteiger partial charge in [-0.25, -0.2) is 4.99 Å². The maximum absolute atomic E-state index is 13.9. The predicted molar refractivity (Wildman–Crippen MR) is 143 cm³/mol. The third-order valence-electron chi connectivity index (χ3n) is 7.04. The second kappa shape index (κ2) is 8.95. The van der Waals surface area contributed by atoms with Crippen LogP contribution in [0.1, 0.15) is 40.3 Å². The average molecular weight is 495 g/mol. The lowest BCUT2D eigenvalue weighted by Crippen LogP contribution is -2.39. The van der Waals surface area contributed by atoms with E-state index in [9.17, 15) is 4.79 Å². The van der Waals surface area contributed by atoms with E-state index in [1.165, 1.54) is 16.9 Å². The zero-order chi connectivity index (χ0) is 24.8. The maximum Gasteiger partial charge on any atom is 0.271 e. The first-order valence-corrected chi connectivity index (χ1v) is 12.8. The van der Waals surface area contributed by atoms with E-state index in [4.69, 9.17) is 14.5 Å². The molecular formula is C30H26N2O3S. The Morgan fingerprint density at radius 2 is 1.75 bits per heavy atom. The fourth-order valence-corrected chi connectivity index (χ4v) is 6.27. The molecule has 0 radical (unpaired) electrons. The van der Waals surface area contributed by atoms with Gasteiger partial charge < -0.3 is 9.47 Å². The van der Waals surface area contributed by atoms with Crippen LogP contribution in [0.25, 0.3) is 11.8 Å². The van der Waals surface area contributed by atoms with Gasteiger partial charge in [0.1, 0.15) is 11.5 Å². The van der Waals surface area contributed by atoms with E-state index in [-0.39, 0.29) is 11.6 Å². The summed E-state index contributed by atoms with van der Waals surface area (Å²) in [5, 5.41) is 0. The zero-order valence-electron chi connectivity index (χ0n) is 20.4. The molecule has 4 aromatic rings. The average Bonchev–Trinajstić information content (AvgIpc) is 3.22. The Balaban J connectivity index is 1.62. The summed E-state index contributed by atoms with van der Waals surface area (Å²) in [6, 6.07) is 22.1. The highest BCUT2D eigenvalue weighted by molar-refractivity contribution is 7.07. The van der Waals surface area contributed by atoms with E-state index in [2.05, 4.69) is 30.3 Å². The molecule has 3 aromatic carbocycles. The number of aryl methyl sites for hydroxylation is 2. The number of allylic oxidation sites excluding steroid dienone is 1. The molecule has 1 aliphatic heterocycles. The Labute approximate surface area is 213 Å². The van der Waals surface area contributed by atoms with Crippen LogP contribution in [0.5, 0.6) is 11.5 Å². The first-order valence-electron chi connectivity index (χ1n) is 12.0. The molecule has 1 aliphatic carbocycles. The van der Waals surface area contributed by atoms with Crippen LogP contribution in [0.2, 0.25) is 0 Å². The standard InChI is InChI=1S/C30H26N2O3S/c1-18-12-13-19(16-25(18)35-3)17-26-29(33)32-28(22-10-6-7-11-24(22)34-2)23-15-14-20-8-4-5-9-21(20)27(23)31-30(32)36-26/h4-13,16-17,28H,14-15H2,1-3H3/b26-17+/t28-/m0/s1. The van der Waals surface area contributed by atoms with Crippen LogP contribution in [0.3, 0.4) is 0 Å². The highest BCUT2D eigenvalue weighted by Gasteiger charge is 2.33. The molecule has 1 aromatic heterocycles. The van der Waals surface area contributed by atoms with Gasteiger partial charge in [-0.05, 0) is 60.2 Å². The highest BCUT2D eigenvalue weighted by Crippen LogP contribution is 2.43. The van der Waals surface area contributed by atoms with Gasteiger partial charge >= 0.3 is 0 Å². The van der Waals surface area contributed by atoms with E-state index in [1.807, 2.05) is 54.0 Å². The molecule has 2 aliphatic rings. The van der Waals surface area contributed by atoms with E-state index in [0.717, 1.165) is 57.9 Å². The van der Waals surface area contributed by atoms with Crippen LogP contribution in [0, 0.1) is 6.92 Å². The molecule has 0 saturated carbocycles. The number of methoxy groups -OCH3 is 2. The summed E-state index contributed by atoms with van der Waals surface area (Å²) in [7, 11) is 3.34. The lowest BCUT2D eigenvalue weighted by atomic mass is 9.83. The number of aromatic nitrogens is 1. The fraction of sp³-hybridized carbons (Fsp3) is 0.200. The molecule has 6 heteroatoms. The summed E-state index contributed by atoms with van der Waals surface area (Å²) < 4.78 is 13.7. The van der Waals surface area contributed by atoms with Crippen LogP contribution in [0.4, 0.5) is 0 Å². The van der Waals surface area contributed by atoms with Crippen molar-refractivity contribution in [2.24, 2.45) is 4.99 Å². The van der Waals surface area contributed by atoms with Gasteiger partial charge in [0.25, 0.3) is 5.56 Å². The van der Waals surface area contributed by atoms with Crippen molar-refractivity contribution >= 4 is 23.1 Å². The van der Waals surface area contributed by atoms with E-state index in [1.54, 1.807) is 14.2 Å².